The molecule has 1 aromatic heterocycles. The molecule has 0 bridgehead atoms. The maximum absolute atomic E-state index is 11.9. The number of likely N-dealkylation sites (N-methyl/N-ethyl adjacent to an activating group) is 1. The number of amides is 1. The molecular weight excluding hydrogens is 356 g/mol. The SMILES string of the molecule is CCOCCNc1c(NC2CCCCC2)nc(Cl)nc1C(=N)C(=O)NC. The molecule has 0 unspecified atom stereocenters. The Labute approximate surface area is 159 Å². The topological polar surface area (TPSA) is 112 Å². The molecule has 0 aromatic carbocycles. The van der Waals surface area contributed by atoms with E-state index in [1.807, 2.05) is 6.92 Å². The van der Waals surface area contributed by atoms with Crippen molar-refractivity contribution >= 4 is 34.7 Å². The summed E-state index contributed by atoms with van der Waals surface area (Å²) in [5.74, 6) is -0.00621. The van der Waals surface area contributed by atoms with E-state index in [1.165, 1.54) is 26.3 Å². The van der Waals surface area contributed by atoms with Crippen LogP contribution in [0.4, 0.5) is 11.5 Å². The van der Waals surface area contributed by atoms with E-state index in [9.17, 15) is 4.79 Å². The number of halogens is 1. The van der Waals surface area contributed by atoms with E-state index in [-0.39, 0.29) is 16.7 Å². The van der Waals surface area contributed by atoms with Gasteiger partial charge in [0.1, 0.15) is 17.1 Å². The Balaban J connectivity index is 2.31. The van der Waals surface area contributed by atoms with Crippen LogP contribution in [-0.4, -0.2) is 54.4 Å². The molecule has 144 valence electrons. The zero-order chi connectivity index (χ0) is 18.9. The van der Waals surface area contributed by atoms with Crippen molar-refractivity contribution in [3.05, 3.63) is 11.0 Å². The molecule has 0 spiro atoms. The second-order valence-electron chi connectivity index (χ2n) is 6.12. The number of hydrogen-bond acceptors (Lipinski definition) is 7. The van der Waals surface area contributed by atoms with Crippen LogP contribution in [0.1, 0.15) is 44.7 Å². The second kappa shape index (κ2) is 10.3. The van der Waals surface area contributed by atoms with Gasteiger partial charge in [-0.2, -0.15) is 4.98 Å². The first-order chi connectivity index (χ1) is 12.6. The van der Waals surface area contributed by atoms with Gasteiger partial charge in [0.15, 0.2) is 5.82 Å². The number of aromatic nitrogens is 2. The van der Waals surface area contributed by atoms with Crippen LogP contribution in [0.15, 0.2) is 0 Å². The van der Waals surface area contributed by atoms with Crippen LogP contribution < -0.4 is 16.0 Å². The molecule has 1 saturated carbocycles. The number of rotatable bonds is 9. The Morgan fingerprint density at radius 2 is 2.04 bits per heavy atom. The Morgan fingerprint density at radius 1 is 1.31 bits per heavy atom. The molecule has 1 fully saturated rings. The van der Waals surface area contributed by atoms with Crippen LogP contribution in [0.25, 0.3) is 0 Å². The van der Waals surface area contributed by atoms with Crippen LogP contribution in [0.3, 0.4) is 0 Å². The van der Waals surface area contributed by atoms with E-state index < -0.39 is 5.91 Å². The third-order valence-electron chi connectivity index (χ3n) is 4.27. The fourth-order valence-electron chi connectivity index (χ4n) is 2.95. The molecule has 9 heteroatoms. The third kappa shape index (κ3) is 5.54. The van der Waals surface area contributed by atoms with Gasteiger partial charge in [-0.25, -0.2) is 4.98 Å². The van der Waals surface area contributed by atoms with Crippen molar-refractivity contribution < 1.29 is 9.53 Å². The van der Waals surface area contributed by atoms with Gasteiger partial charge >= 0.3 is 0 Å². The molecule has 1 aliphatic carbocycles. The van der Waals surface area contributed by atoms with E-state index >= 15 is 0 Å². The highest BCUT2D eigenvalue weighted by Crippen LogP contribution is 2.29. The first kappa shape index (κ1) is 20.4. The molecule has 1 aliphatic rings. The van der Waals surface area contributed by atoms with Gasteiger partial charge in [-0.3, -0.25) is 10.2 Å². The molecule has 1 amide bonds. The summed E-state index contributed by atoms with van der Waals surface area (Å²) in [5, 5.41) is 17.2. The summed E-state index contributed by atoms with van der Waals surface area (Å²) in [5.41, 5.74) is 0.426. The van der Waals surface area contributed by atoms with Crippen molar-refractivity contribution in [2.75, 3.05) is 37.4 Å². The highest BCUT2D eigenvalue weighted by atomic mass is 35.5. The lowest BCUT2D eigenvalue weighted by Crippen LogP contribution is -2.30. The van der Waals surface area contributed by atoms with E-state index in [2.05, 4.69) is 25.9 Å². The number of anilines is 2. The van der Waals surface area contributed by atoms with Gasteiger partial charge < -0.3 is 20.7 Å². The first-order valence-corrected chi connectivity index (χ1v) is 9.41. The number of carbonyl (C=O) groups is 1. The molecule has 0 atom stereocenters. The average molecular weight is 383 g/mol. The standard InChI is InChI=1S/C17H27ClN6O2/c1-3-26-10-9-21-14-13(12(19)16(25)20-2)23-17(18)24-15(14)22-11-7-5-4-6-8-11/h11,19,21H,3-10H2,1-2H3,(H,20,25)(H,22,23,24). The van der Waals surface area contributed by atoms with Gasteiger partial charge in [-0.1, -0.05) is 19.3 Å². The largest absolute Gasteiger partial charge is 0.380 e. The lowest BCUT2D eigenvalue weighted by molar-refractivity contribution is -0.114. The quantitative estimate of drug-likeness (QED) is 0.296. The van der Waals surface area contributed by atoms with E-state index in [4.69, 9.17) is 21.7 Å². The molecular formula is C17H27ClN6O2. The third-order valence-corrected chi connectivity index (χ3v) is 4.44. The predicted octanol–water partition coefficient (Wildman–Crippen LogP) is 2.44. The summed E-state index contributed by atoms with van der Waals surface area (Å²) in [7, 11) is 1.48. The highest BCUT2D eigenvalue weighted by Gasteiger charge is 2.23. The fourth-order valence-corrected chi connectivity index (χ4v) is 3.12. The second-order valence-corrected chi connectivity index (χ2v) is 6.46. The summed E-state index contributed by atoms with van der Waals surface area (Å²) in [6, 6.07) is 0.296. The lowest BCUT2D eigenvalue weighted by Gasteiger charge is -2.25. The van der Waals surface area contributed by atoms with Crippen molar-refractivity contribution in [2.24, 2.45) is 0 Å². The van der Waals surface area contributed by atoms with E-state index in [0.717, 1.165) is 12.8 Å². The average Bonchev–Trinajstić information content (AvgIpc) is 2.65. The minimum atomic E-state index is -0.531. The molecule has 1 aromatic rings. The number of hydrogen-bond donors (Lipinski definition) is 4. The van der Waals surface area contributed by atoms with Crippen LogP contribution in [0.2, 0.25) is 5.28 Å². The van der Waals surface area contributed by atoms with Gasteiger partial charge in [0.25, 0.3) is 5.91 Å². The number of nitrogens with one attached hydrogen (secondary N) is 4. The zero-order valence-corrected chi connectivity index (χ0v) is 16.1. The monoisotopic (exact) mass is 382 g/mol. The summed E-state index contributed by atoms with van der Waals surface area (Å²) in [6.45, 7) is 3.54. The van der Waals surface area contributed by atoms with Crippen molar-refractivity contribution in [1.29, 1.82) is 5.41 Å². The molecule has 8 nitrogen and oxygen atoms in total. The number of carbonyl (C=O) groups excluding carboxylic acids is 1. The minimum absolute atomic E-state index is 0.00215. The Bertz CT molecular complexity index is 634. The molecule has 0 radical (unpaired) electrons. The maximum Gasteiger partial charge on any atom is 0.271 e. The predicted molar refractivity (Wildman–Crippen MR) is 103 cm³/mol. The minimum Gasteiger partial charge on any atom is -0.380 e. The first-order valence-electron chi connectivity index (χ1n) is 9.03. The molecule has 2 rings (SSSR count). The van der Waals surface area contributed by atoms with Crippen LogP contribution in [0, 0.1) is 5.41 Å². The summed E-state index contributed by atoms with van der Waals surface area (Å²) in [4.78, 5) is 20.4. The van der Waals surface area contributed by atoms with Crippen LogP contribution in [-0.2, 0) is 9.53 Å². The molecule has 0 aliphatic heterocycles. The smallest absolute Gasteiger partial charge is 0.271 e. The van der Waals surface area contributed by atoms with Gasteiger partial charge in [-0.05, 0) is 31.4 Å². The molecule has 1 heterocycles. The maximum atomic E-state index is 11.9. The summed E-state index contributed by atoms with van der Waals surface area (Å²) in [6.07, 6.45) is 5.70. The lowest BCUT2D eigenvalue weighted by atomic mass is 9.95. The van der Waals surface area contributed by atoms with E-state index in [0.29, 0.717) is 37.3 Å². The summed E-state index contributed by atoms with van der Waals surface area (Å²) >= 11 is 6.07. The number of nitrogens with zero attached hydrogens (tertiary/aromatic N) is 2. The zero-order valence-electron chi connectivity index (χ0n) is 15.3. The van der Waals surface area contributed by atoms with Gasteiger partial charge in [0.05, 0.1) is 6.61 Å². The molecule has 26 heavy (non-hydrogen) atoms. The summed E-state index contributed by atoms with van der Waals surface area (Å²) < 4.78 is 5.36. The number of ether oxygens (including phenoxy) is 1. The van der Waals surface area contributed by atoms with Crippen LogP contribution >= 0.6 is 11.6 Å². The van der Waals surface area contributed by atoms with Crippen molar-refractivity contribution in [3.8, 4) is 0 Å². The van der Waals surface area contributed by atoms with Gasteiger partial charge in [0.2, 0.25) is 5.28 Å². The fraction of sp³-hybridized carbons (Fsp3) is 0.647. The van der Waals surface area contributed by atoms with Crippen molar-refractivity contribution in [1.82, 2.24) is 15.3 Å². The van der Waals surface area contributed by atoms with Crippen LogP contribution in [0.5, 0.6) is 0 Å². The Morgan fingerprint density at radius 3 is 2.69 bits per heavy atom. The molecule has 4 N–H and O–H groups in total. The van der Waals surface area contributed by atoms with Gasteiger partial charge in [-0.15, -0.1) is 0 Å². The van der Waals surface area contributed by atoms with Crippen molar-refractivity contribution in [3.63, 3.8) is 0 Å². The Hall–Kier alpha value is -1.93. The van der Waals surface area contributed by atoms with Crippen molar-refractivity contribution in [2.45, 2.75) is 45.1 Å². The normalized spacial score (nSPS) is 14.7. The van der Waals surface area contributed by atoms with E-state index in [1.54, 1.807) is 0 Å². The van der Waals surface area contributed by atoms with Gasteiger partial charge in [0, 0.05) is 26.2 Å². The Kier molecular flexibility index (Phi) is 8.06. The highest BCUT2D eigenvalue weighted by molar-refractivity contribution is 6.45. The molecule has 0 saturated heterocycles.